The molecule has 0 spiro atoms. The molecular formula is C18H22O5. The van der Waals surface area contributed by atoms with Gasteiger partial charge in [-0.25, -0.2) is 4.79 Å². The van der Waals surface area contributed by atoms with Gasteiger partial charge in [-0.15, -0.1) is 0 Å². The standard InChI is InChI=1S/C18H22O5/c1-4-22-18(21)17(20)14-8-10-15(11-9-14)23-12-6-5-7-16(19)13(2)3/h8-11H,2,4-7,12H2,1,3H3. The third-order valence-electron chi connectivity index (χ3n) is 3.12. The van der Waals surface area contributed by atoms with Crippen LogP contribution >= 0.6 is 0 Å². The van der Waals surface area contributed by atoms with E-state index in [1.807, 2.05) is 0 Å². The fourth-order valence-electron chi connectivity index (χ4n) is 1.81. The van der Waals surface area contributed by atoms with Crippen molar-refractivity contribution >= 4 is 17.5 Å². The second-order valence-electron chi connectivity index (χ2n) is 5.08. The van der Waals surface area contributed by atoms with Crippen LogP contribution in [0.4, 0.5) is 0 Å². The van der Waals surface area contributed by atoms with Crippen LogP contribution in [0.3, 0.4) is 0 Å². The van der Waals surface area contributed by atoms with Crippen LogP contribution in [0.5, 0.6) is 5.75 Å². The molecule has 0 aliphatic carbocycles. The quantitative estimate of drug-likeness (QED) is 0.218. The number of ether oxygens (including phenoxy) is 2. The van der Waals surface area contributed by atoms with Crippen LogP contribution in [-0.4, -0.2) is 30.7 Å². The molecule has 0 amide bonds. The second kappa shape index (κ2) is 9.56. The summed E-state index contributed by atoms with van der Waals surface area (Å²) in [5.41, 5.74) is 0.843. The van der Waals surface area contributed by atoms with E-state index in [1.165, 1.54) is 12.1 Å². The lowest BCUT2D eigenvalue weighted by Crippen LogP contribution is -2.17. The lowest BCUT2D eigenvalue weighted by Gasteiger charge is -2.07. The number of hydrogen-bond acceptors (Lipinski definition) is 5. The number of esters is 1. The summed E-state index contributed by atoms with van der Waals surface area (Å²) in [5, 5.41) is 0. The van der Waals surface area contributed by atoms with E-state index in [-0.39, 0.29) is 18.0 Å². The zero-order valence-electron chi connectivity index (χ0n) is 13.6. The molecule has 0 heterocycles. The fourth-order valence-corrected chi connectivity index (χ4v) is 1.81. The van der Waals surface area contributed by atoms with Crippen molar-refractivity contribution in [3.05, 3.63) is 42.0 Å². The summed E-state index contributed by atoms with van der Waals surface area (Å²) >= 11 is 0. The van der Waals surface area contributed by atoms with Gasteiger partial charge < -0.3 is 9.47 Å². The SMILES string of the molecule is C=C(C)C(=O)CCCCOc1ccc(C(=O)C(=O)OCC)cc1. The molecule has 0 radical (unpaired) electrons. The van der Waals surface area contributed by atoms with Crippen molar-refractivity contribution in [1.82, 2.24) is 0 Å². The Bertz CT molecular complexity index is 572. The van der Waals surface area contributed by atoms with Crippen molar-refractivity contribution in [2.24, 2.45) is 0 Å². The first-order valence-corrected chi connectivity index (χ1v) is 7.58. The smallest absolute Gasteiger partial charge is 0.379 e. The van der Waals surface area contributed by atoms with Gasteiger partial charge in [0.05, 0.1) is 13.2 Å². The minimum absolute atomic E-state index is 0.0758. The van der Waals surface area contributed by atoms with E-state index in [1.54, 1.807) is 26.0 Å². The summed E-state index contributed by atoms with van der Waals surface area (Å²) < 4.78 is 10.2. The third-order valence-corrected chi connectivity index (χ3v) is 3.12. The summed E-state index contributed by atoms with van der Waals surface area (Å²) in [5.74, 6) is -0.844. The molecule has 0 fully saturated rings. The predicted octanol–water partition coefficient (Wildman–Crippen LogP) is 3.13. The van der Waals surface area contributed by atoms with Crippen LogP contribution in [0.2, 0.25) is 0 Å². The molecule has 0 aliphatic rings. The molecule has 124 valence electrons. The lowest BCUT2D eigenvalue weighted by molar-refractivity contribution is -0.137. The van der Waals surface area contributed by atoms with E-state index in [4.69, 9.17) is 4.74 Å². The van der Waals surface area contributed by atoms with E-state index in [2.05, 4.69) is 11.3 Å². The van der Waals surface area contributed by atoms with E-state index in [0.29, 0.717) is 24.4 Å². The highest BCUT2D eigenvalue weighted by atomic mass is 16.5. The van der Waals surface area contributed by atoms with E-state index in [9.17, 15) is 14.4 Å². The van der Waals surface area contributed by atoms with Gasteiger partial charge >= 0.3 is 5.97 Å². The summed E-state index contributed by atoms with van der Waals surface area (Å²) in [6.07, 6.45) is 1.97. The van der Waals surface area contributed by atoms with Gasteiger partial charge in [-0.05, 0) is 56.5 Å². The molecule has 0 saturated carbocycles. The number of hydrogen-bond donors (Lipinski definition) is 0. The zero-order chi connectivity index (χ0) is 17.2. The van der Waals surface area contributed by atoms with Crippen LogP contribution in [0.1, 0.15) is 43.5 Å². The maximum Gasteiger partial charge on any atom is 0.379 e. The van der Waals surface area contributed by atoms with Gasteiger partial charge in [-0.3, -0.25) is 9.59 Å². The molecule has 1 aromatic rings. The van der Waals surface area contributed by atoms with Crippen molar-refractivity contribution in [2.75, 3.05) is 13.2 Å². The summed E-state index contributed by atoms with van der Waals surface area (Å²) in [6.45, 7) is 7.60. The normalized spacial score (nSPS) is 10.0. The second-order valence-corrected chi connectivity index (χ2v) is 5.08. The van der Waals surface area contributed by atoms with Crippen LogP contribution in [0, 0.1) is 0 Å². The van der Waals surface area contributed by atoms with Crippen LogP contribution < -0.4 is 4.74 Å². The monoisotopic (exact) mass is 318 g/mol. The number of carbonyl (C=O) groups is 3. The molecule has 0 atom stereocenters. The Morgan fingerprint density at radius 2 is 1.74 bits per heavy atom. The largest absolute Gasteiger partial charge is 0.494 e. The topological polar surface area (TPSA) is 69.7 Å². The minimum Gasteiger partial charge on any atom is -0.494 e. The maximum atomic E-state index is 11.7. The van der Waals surface area contributed by atoms with E-state index >= 15 is 0 Å². The number of rotatable bonds is 10. The number of carbonyl (C=O) groups excluding carboxylic acids is 3. The summed E-state index contributed by atoms with van der Waals surface area (Å²) in [6, 6.07) is 6.31. The highest BCUT2D eigenvalue weighted by Crippen LogP contribution is 2.14. The fraction of sp³-hybridized carbons (Fsp3) is 0.389. The Labute approximate surface area is 136 Å². The Kier molecular flexibility index (Phi) is 7.74. The highest BCUT2D eigenvalue weighted by Gasteiger charge is 2.17. The molecule has 5 nitrogen and oxygen atoms in total. The van der Waals surface area contributed by atoms with Crippen molar-refractivity contribution in [3.8, 4) is 5.75 Å². The molecule has 0 bridgehead atoms. The molecule has 5 heteroatoms. The molecule has 1 rings (SSSR count). The number of unbranched alkanes of at least 4 members (excludes halogenated alkanes) is 1. The highest BCUT2D eigenvalue weighted by molar-refractivity contribution is 6.40. The first-order chi connectivity index (χ1) is 11.0. The Balaban J connectivity index is 2.37. The number of benzene rings is 1. The van der Waals surface area contributed by atoms with Crippen LogP contribution in [0.25, 0.3) is 0 Å². The van der Waals surface area contributed by atoms with Gasteiger partial charge in [0.25, 0.3) is 5.78 Å². The van der Waals surface area contributed by atoms with Gasteiger partial charge in [0.1, 0.15) is 5.75 Å². The first kappa shape index (κ1) is 18.6. The lowest BCUT2D eigenvalue weighted by atomic mass is 10.1. The molecule has 0 unspecified atom stereocenters. The van der Waals surface area contributed by atoms with Crippen molar-refractivity contribution in [1.29, 1.82) is 0 Å². The number of Topliss-reactive ketones (excluding diaryl/α,β-unsaturated/α-hetero) is 2. The molecule has 0 N–H and O–H groups in total. The molecule has 23 heavy (non-hydrogen) atoms. The molecule has 1 aromatic carbocycles. The average molecular weight is 318 g/mol. The Hall–Kier alpha value is -2.43. The first-order valence-electron chi connectivity index (χ1n) is 7.58. The molecular weight excluding hydrogens is 296 g/mol. The average Bonchev–Trinajstić information content (AvgIpc) is 2.54. The van der Waals surface area contributed by atoms with E-state index < -0.39 is 11.8 Å². The van der Waals surface area contributed by atoms with Gasteiger partial charge in [-0.2, -0.15) is 0 Å². The maximum absolute atomic E-state index is 11.7. The van der Waals surface area contributed by atoms with Crippen molar-refractivity contribution in [3.63, 3.8) is 0 Å². The predicted molar refractivity (Wildman–Crippen MR) is 86.6 cm³/mol. The van der Waals surface area contributed by atoms with E-state index in [0.717, 1.165) is 12.8 Å². The Morgan fingerprint density at radius 3 is 2.30 bits per heavy atom. The van der Waals surface area contributed by atoms with Gasteiger partial charge in [-0.1, -0.05) is 6.58 Å². The van der Waals surface area contributed by atoms with Gasteiger partial charge in [0.2, 0.25) is 0 Å². The third kappa shape index (κ3) is 6.46. The van der Waals surface area contributed by atoms with Gasteiger partial charge in [0, 0.05) is 12.0 Å². The molecule has 0 aliphatic heterocycles. The Morgan fingerprint density at radius 1 is 1.09 bits per heavy atom. The van der Waals surface area contributed by atoms with Crippen molar-refractivity contribution in [2.45, 2.75) is 33.1 Å². The minimum atomic E-state index is -0.858. The molecule has 0 saturated heterocycles. The van der Waals surface area contributed by atoms with Crippen LogP contribution in [0.15, 0.2) is 36.4 Å². The summed E-state index contributed by atoms with van der Waals surface area (Å²) in [4.78, 5) is 34.4. The van der Waals surface area contributed by atoms with Crippen molar-refractivity contribution < 1.29 is 23.9 Å². The van der Waals surface area contributed by atoms with Crippen LogP contribution in [-0.2, 0) is 14.3 Å². The van der Waals surface area contributed by atoms with Gasteiger partial charge in [0.15, 0.2) is 5.78 Å². The molecule has 0 aromatic heterocycles. The number of allylic oxidation sites excluding steroid dienone is 1. The zero-order valence-corrected chi connectivity index (χ0v) is 13.6. The number of ketones is 2. The summed E-state index contributed by atoms with van der Waals surface area (Å²) in [7, 11) is 0.